The van der Waals surface area contributed by atoms with Gasteiger partial charge in [-0.05, 0) is 227 Å². The van der Waals surface area contributed by atoms with Crippen LogP contribution in [0.4, 0.5) is 40.3 Å². The first kappa shape index (κ1) is 113. The molecule has 0 saturated heterocycles. The quantitative estimate of drug-likeness (QED) is 0.00607. The van der Waals surface area contributed by atoms with Crippen molar-refractivity contribution in [2.24, 2.45) is 49.4 Å². The monoisotopic (exact) mass is 1850 g/mol. The number of hydrogen-bond acceptors (Lipinski definition) is 23. The van der Waals surface area contributed by atoms with Gasteiger partial charge in [-0.25, -0.2) is 54.1 Å². The summed E-state index contributed by atoms with van der Waals surface area (Å²) in [4.78, 5) is 111. The number of benzene rings is 9. The number of ketones is 2. The molecule has 1 amide bonds. The molecule has 0 unspecified atom stereocenters. The van der Waals surface area contributed by atoms with Gasteiger partial charge in [0.15, 0.2) is 29.4 Å². The van der Waals surface area contributed by atoms with Gasteiger partial charge in [0.25, 0.3) is 5.91 Å². The van der Waals surface area contributed by atoms with Crippen molar-refractivity contribution in [1.82, 2.24) is 34.6 Å². The Morgan fingerprint density at radius 2 is 0.706 bits per heavy atom. The molecular weight excluding hydrogens is 1760 g/mol. The third-order valence-electron chi connectivity index (χ3n) is 15.0. The molecule has 9 aromatic carbocycles. The number of esters is 2. The van der Waals surface area contributed by atoms with Gasteiger partial charge in [0.2, 0.25) is 18.3 Å². The smallest absolute Gasteiger partial charge is 0.857 e. The molecule has 2 aromatic heterocycles. The number of anilines is 4. The molecule has 11 aromatic rings. The summed E-state index contributed by atoms with van der Waals surface area (Å²) >= 11 is 23.1. The molecule has 0 fully saturated rings. The van der Waals surface area contributed by atoms with Gasteiger partial charge in [-0.2, -0.15) is 7.11 Å². The van der Waals surface area contributed by atoms with Crippen LogP contribution in [0.1, 0.15) is 79.4 Å². The van der Waals surface area contributed by atoms with Crippen LogP contribution in [0.15, 0.2) is 270 Å². The Hall–Kier alpha value is -12.6. The number of hydrogen-bond donors (Lipinski definition) is 10. The molecule has 0 radical (unpaired) electrons. The fraction of sp³-hybridized carbons (Fsp3) is 0.149. The zero-order valence-electron chi connectivity index (χ0n) is 70.9. The van der Waals surface area contributed by atoms with Gasteiger partial charge in [0.05, 0.1) is 64.9 Å². The van der Waals surface area contributed by atoms with Crippen molar-refractivity contribution < 1.29 is 97.4 Å². The zero-order chi connectivity index (χ0) is 91.7. The number of carbonyl (C=O) groups is 7. The van der Waals surface area contributed by atoms with Gasteiger partial charge in [-0.15, -0.1) is 24.8 Å². The Bertz CT molecular complexity index is 5180. The van der Waals surface area contributed by atoms with E-state index in [-0.39, 0.29) is 119 Å². The number of carboxylic acids is 2. The van der Waals surface area contributed by atoms with Crippen molar-refractivity contribution in [2.75, 3.05) is 88.5 Å². The molecule has 16 N–H and O–H groups in total. The van der Waals surface area contributed by atoms with Gasteiger partial charge >= 0.3 is 53.4 Å². The first-order valence-corrected chi connectivity index (χ1v) is 37.4. The maximum absolute atomic E-state index is 11.9. The van der Waals surface area contributed by atoms with Crippen molar-refractivity contribution >= 4 is 171 Å². The molecule has 0 aliphatic heterocycles. The maximum Gasteiger partial charge on any atom is 1.00 e. The fourth-order valence-corrected chi connectivity index (χ4v) is 9.65. The molecule has 11 rings (SSSR count). The molecule has 662 valence electrons. The van der Waals surface area contributed by atoms with Crippen molar-refractivity contribution in [3.63, 3.8) is 0 Å². The number of aromatic carboxylic acids is 2. The van der Waals surface area contributed by atoms with E-state index in [1.54, 1.807) is 185 Å². The second-order valence-corrected chi connectivity index (χ2v) is 26.7. The SMILES string of the molecule is CC(=O)c1ccc(Cl)cc1.CN(C)/C=C/C(=O)c1ccc(Cl)cc1.CN(C)C(=O)c1ccc(Nc2nccc(-c3ccc(Cl)cc3)n2)cc1.COC(=O)c1ccc(N=C(N)N)cc1.COC(=O)c1ccc(N=C(N)N)cc1.COC(OC)N(C)C.C[O-].Cl.Cl.NC(N)=Nc1ccc(C(=O)O)cc1.O=C(O)c1ccc(Nc2nccc(-c3ccc(Cl)cc3)n2)cc1.[Na+]. The molecule has 0 saturated carbocycles. The molecule has 0 aliphatic rings. The van der Waals surface area contributed by atoms with Crippen LogP contribution in [0.3, 0.4) is 0 Å². The minimum absolute atomic E-state index is 0. The van der Waals surface area contributed by atoms with E-state index < -0.39 is 11.9 Å². The number of carbonyl (C=O) groups excluding carboxylic acids is 5. The molecule has 32 nitrogen and oxygen atoms in total. The number of aliphatic imine (C=N–C) groups is 3. The summed E-state index contributed by atoms with van der Waals surface area (Å²) in [5.74, 6) is -1.87. The molecule has 0 bridgehead atoms. The molecule has 0 atom stereocenters. The van der Waals surface area contributed by atoms with Gasteiger partial charge in [-0.3, -0.25) is 19.3 Å². The number of Topliss-reactive ketones (excluding diaryl/α,β-unsaturated/α-hetero) is 1. The number of carboxylic acid groups (broad SMARTS) is 2. The number of nitrogens with two attached hydrogens (primary N) is 6. The predicted molar refractivity (Wildman–Crippen MR) is 497 cm³/mol. The van der Waals surface area contributed by atoms with Gasteiger partial charge in [0.1, 0.15) is 0 Å². The van der Waals surface area contributed by atoms with E-state index in [9.17, 15) is 33.6 Å². The summed E-state index contributed by atoms with van der Waals surface area (Å²) in [6, 6.07) is 64.6. The van der Waals surface area contributed by atoms with Crippen molar-refractivity contribution in [3.8, 4) is 22.5 Å². The topological polar surface area (TPSA) is 498 Å². The molecule has 2 heterocycles. The van der Waals surface area contributed by atoms with Crippen LogP contribution in [0, 0.1) is 0 Å². The van der Waals surface area contributed by atoms with Crippen molar-refractivity contribution in [3.05, 3.63) is 314 Å². The zero-order valence-corrected chi connectivity index (χ0v) is 77.5. The number of aromatic nitrogens is 4. The van der Waals surface area contributed by atoms with Crippen LogP contribution >= 0.6 is 71.2 Å². The maximum atomic E-state index is 11.9. The van der Waals surface area contributed by atoms with E-state index in [1.165, 1.54) is 63.6 Å². The minimum Gasteiger partial charge on any atom is -0.857 e. The van der Waals surface area contributed by atoms with E-state index in [2.05, 4.69) is 55.0 Å². The molecule has 0 spiro atoms. The number of rotatable bonds is 21. The van der Waals surface area contributed by atoms with Crippen LogP contribution in [0.25, 0.3) is 22.5 Å². The number of nitrogens with one attached hydrogen (secondary N) is 2. The molecule has 0 aliphatic carbocycles. The Kier molecular flexibility index (Phi) is 55.4. The van der Waals surface area contributed by atoms with E-state index in [1.807, 2.05) is 98.7 Å². The summed E-state index contributed by atoms with van der Waals surface area (Å²) in [5, 5.41) is 34.6. The summed E-state index contributed by atoms with van der Waals surface area (Å²) in [6.45, 7) is 1.53. The van der Waals surface area contributed by atoms with Crippen LogP contribution in [0.5, 0.6) is 0 Å². The number of nitrogens with zero attached hydrogens (tertiary/aromatic N) is 10. The number of ether oxygens (including phenoxy) is 4. The van der Waals surface area contributed by atoms with Gasteiger partial charge in [-0.1, -0.05) is 70.7 Å². The average molecular weight is 1850 g/mol. The Morgan fingerprint density at radius 1 is 0.421 bits per heavy atom. The predicted octanol–water partition coefficient (Wildman–Crippen LogP) is 11.6. The first-order chi connectivity index (χ1) is 58.5. The summed E-state index contributed by atoms with van der Waals surface area (Å²) in [5.41, 5.74) is 41.0. The second-order valence-electron chi connectivity index (χ2n) is 24.9. The number of halogens is 6. The van der Waals surface area contributed by atoms with Crippen molar-refractivity contribution in [1.29, 1.82) is 0 Å². The minimum atomic E-state index is -0.976. The van der Waals surface area contributed by atoms with E-state index in [4.69, 9.17) is 106 Å². The normalized spacial score (nSPS) is 9.61. The Morgan fingerprint density at radius 3 is 0.968 bits per heavy atom. The Labute approximate surface area is 784 Å². The number of allylic oxidation sites excluding steroid dienone is 1. The van der Waals surface area contributed by atoms with Crippen molar-refractivity contribution in [2.45, 2.75) is 13.3 Å². The van der Waals surface area contributed by atoms with Crippen LogP contribution in [-0.4, -0.2) is 188 Å². The number of methoxy groups -OCH3 is 4. The fourth-order valence-electron chi connectivity index (χ4n) is 9.14. The average Bonchev–Trinajstić information content (AvgIpc) is 0.843. The van der Waals surface area contributed by atoms with E-state index >= 15 is 0 Å². The number of guanidine groups is 3. The molecule has 126 heavy (non-hydrogen) atoms. The van der Waals surface area contributed by atoms with Crippen LogP contribution in [0.2, 0.25) is 20.1 Å². The van der Waals surface area contributed by atoms with Crippen LogP contribution in [-0.2, 0) is 18.9 Å². The second kappa shape index (κ2) is 61.6. The number of amides is 1. The third-order valence-corrected chi connectivity index (χ3v) is 16.0. The van der Waals surface area contributed by atoms with Gasteiger partial charge in [0, 0.05) is 126 Å². The summed E-state index contributed by atoms with van der Waals surface area (Å²) in [6.07, 6.45) is 6.39. The summed E-state index contributed by atoms with van der Waals surface area (Å²) in [7, 11) is 17.6. The molecular formula is C87H97Cl6N18NaO14. The summed E-state index contributed by atoms with van der Waals surface area (Å²) < 4.78 is 18.8. The third kappa shape index (κ3) is 44.6. The molecule has 39 heteroatoms. The Balaban J connectivity index is 0.00000144. The first-order valence-electron chi connectivity index (χ1n) is 35.9. The largest absolute Gasteiger partial charge is 1.00 e. The van der Waals surface area contributed by atoms with E-state index in [0.29, 0.717) is 82.6 Å². The standard InChI is InChI=1S/C19H17ClN4O.C17H12ClN3O2.C11H12ClNO.2C9H11N3O2.C8H7ClO.C8H9N3O2.C5H13NO2.CH3O.2ClH.Na/c1-24(2)18(25)14-5-9-16(10-6-14)22-19-21-12-11-17(23-19)13-3-7-15(20)8-4-13;18-13-5-1-11(2-6-13)15-9-10-19-17(21-15)20-14-7-3-12(4-8-14)16(22)23;1-13(2)8-7-11(14)9-3-5-10(12)6-4-9;2*1-14-8(13)6-2-4-7(5-3-6)12-9(10)11;1-6(10)7-2-4-8(9)5-3-7;9-8(10)11-6-3-1-5(2-4-6)7(12)13;1-6(2)5(7-3)8-4;1-2;;;/h3-12H,1-2H3,(H,21,22,23);1-10H,(H,22,23)(H,19,20,21);3-8H,1-2H3;2*2-5H,1H3,(H4,10,11,12);2-5H,1H3;1-4H,(H,12,13)(H4,9,10,11);5H,1-4H3;1H3;2*1H;/q;;;;;;;;-1;;;+1/b;;8-7+;;;;;;;;;. The van der Waals surface area contributed by atoms with Gasteiger partial charge < -0.3 is 89.1 Å². The van der Waals surface area contributed by atoms with Crippen LogP contribution < -0.4 is 79.7 Å². The van der Waals surface area contributed by atoms with E-state index in [0.717, 1.165) is 35.3 Å².